The van der Waals surface area contributed by atoms with E-state index in [0.717, 1.165) is 24.2 Å². The molecular weight excluding hydrogens is 230 g/mol. The molecule has 1 saturated heterocycles. The van der Waals surface area contributed by atoms with Gasteiger partial charge in [-0.05, 0) is 31.0 Å². The first-order valence-electron chi connectivity index (χ1n) is 6.34. The first kappa shape index (κ1) is 12.8. The maximum absolute atomic E-state index is 5.50. The van der Waals surface area contributed by atoms with Crippen LogP contribution in [0.25, 0.3) is 0 Å². The lowest BCUT2D eigenvalue weighted by Gasteiger charge is -2.12. The van der Waals surface area contributed by atoms with E-state index in [0.29, 0.717) is 6.04 Å². The van der Waals surface area contributed by atoms with Crippen molar-refractivity contribution in [2.75, 3.05) is 12.4 Å². The predicted molar refractivity (Wildman–Crippen MR) is 74.8 cm³/mol. The second-order valence-corrected chi connectivity index (χ2v) is 6.01. The van der Waals surface area contributed by atoms with E-state index in [-0.39, 0.29) is 0 Å². The molecule has 17 heavy (non-hydrogen) atoms. The summed E-state index contributed by atoms with van der Waals surface area (Å²) in [5, 5.41) is 4.43. The lowest BCUT2D eigenvalue weighted by Crippen LogP contribution is -2.28. The van der Waals surface area contributed by atoms with Crippen LogP contribution in [-0.2, 0) is 6.54 Å². The standard InChI is InChI=1S/C14H21NOS/c1-3-16-14-6-4-5-12(8-14)9-15-13-7-11(2)17-10-13/h4-6,8,11,13,15H,3,7,9-10H2,1-2H3. The maximum Gasteiger partial charge on any atom is 0.119 e. The van der Waals surface area contributed by atoms with Gasteiger partial charge in [0.1, 0.15) is 5.75 Å². The summed E-state index contributed by atoms with van der Waals surface area (Å²) in [7, 11) is 0. The molecule has 2 unspecified atom stereocenters. The quantitative estimate of drug-likeness (QED) is 0.869. The van der Waals surface area contributed by atoms with Crippen LogP contribution in [0.3, 0.4) is 0 Å². The number of hydrogen-bond acceptors (Lipinski definition) is 3. The van der Waals surface area contributed by atoms with Crippen molar-refractivity contribution in [3.8, 4) is 5.75 Å². The van der Waals surface area contributed by atoms with Crippen LogP contribution in [-0.4, -0.2) is 23.7 Å². The molecule has 2 nitrogen and oxygen atoms in total. The first-order chi connectivity index (χ1) is 8.28. The van der Waals surface area contributed by atoms with Crippen LogP contribution in [0.1, 0.15) is 25.8 Å². The van der Waals surface area contributed by atoms with Crippen LogP contribution in [0, 0.1) is 0 Å². The predicted octanol–water partition coefficient (Wildman–Crippen LogP) is 3.07. The van der Waals surface area contributed by atoms with Gasteiger partial charge in [0.25, 0.3) is 0 Å². The molecule has 0 bridgehead atoms. The fourth-order valence-electron chi connectivity index (χ4n) is 2.13. The van der Waals surface area contributed by atoms with Gasteiger partial charge in [0, 0.05) is 23.6 Å². The molecule has 0 aromatic heterocycles. The molecule has 2 atom stereocenters. The molecule has 1 aromatic rings. The number of nitrogens with one attached hydrogen (secondary N) is 1. The molecule has 1 N–H and O–H groups in total. The Kier molecular flexibility index (Phi) is 4.75. The molecule has 0 spiro atoms. The summed E-state index contributed by atoms with van der Waals surface area (Å²) >= 11 is 2.06. The Morgan fingerprint density at radius 1 is 1.47 bits per heavy atom. The minimum Gasteiger partial charge on any atom is -0.494 e. The van der Waals surface area contributed by atoms with Crippen LogP contribution < -0.4 is 10.1 Å². The monoisotopic (exact) mass is 251 g/mol. The summed E-state index contributed by atoms with van der Waals surface area (Å²) in [6.45, 7) is 6.00. The van der Waals surface area contributed by atoms with Crippen LogP contribution in [0.4, 0.5) is 0 Å². The molecule has 1 aromatic carbocycles. The largest absolute Gasteiger partial charge is 0.494 e. The van der Waals surface area contributed by atoms with Gasteiger partial charge in [-0.2, -0.15) is 11.8 Å². The topological polar surface area (TPSA) is 21.3 Å². The second kappa shape index (κ2) is 6.31. The van der Waals surface area contributed by atoms with E-state index < -0.39 is 0 Å². The minimum absolute atomic E-state index is 0.672. The highest BCUT2D eigenvalue weighted by Crippen LogP contribution is 2.26. The zero-order valence-electron chi connectivity index (χ0n) is 10.6. The van der Waals surface area contributed by atoms with Crippen molar-refractivity contribution >= 4 is 11.8 Å². The van der Waals surface area contributed by atoms with Gasteiger partial charge < -0.3 is 10.1 Å². The van der Waals surface area contributed by atoms with Crippen LogP contribution in [0.2, 0.25) is 0 Å². The van der Waals surface area contributed by atoms with Gasteiger partial charge in [0.2, 0.25) is 0 Å². The normalized spacial score (nSPS) is 23.9. The van der Waals surface area contributed by atoms with Crippen LogP contribution >= 0.6 is 11.8 Å². The summed E-state index contributed by atoms with van der Waals surface area (Å²) in [6.07, 6.45) is 1.29. The van der Waals surface area contributed by atoms with E-state index in [1.54, 1.807) is 0 Å². The van der Waals surface area contributed by atoms with Crippen molar-refractivity contribution in [1.29, 1.82) is 0 Å². The van der Waals surface area contributed by atoms with Crippen molar-refractivity contribution in [3.63, 3.8) is 0 Å². The Labute approximate surface area is 108 Å². The zero-order chi connectivity index (χ0) is 12.1. The SMILES string of the molecule is CCOc1cccc(CNC2CSC(C)C2)c1. The van der Waals surface area contributed by atoms with E-state index in [4.69, 9.17) is 4.74 Å². The summed E-state index contributed by atoms with van der Waals surface area (Å²) in [5.41, 5.74) is 1.31. The molecule has 1 heterocycles. The van der Waals surface area contributed by atoms with Crippen LogP contribution in [0.15, 0.2) is 24.3 Å². The lowest BCUT2D eigenvalue weighted by molar-refractivity contribution is 0.339. The summed E-state index contributed by atoms with van der Waals surface area (Å²) in [6, 6.07) is 9.03. The molecular formula is C14H21NOS. The Balaban J connectivity index is 1.83. The van der Waals surface area contributed by atoms with E-state index >= 15 is 0 Å². The number of hydrogen-bond donors (Lipinski definition) is 1. The van der Waals surface area contributed by atoms with E-state index in [9.17, 15) is 0 Å². The third-order valence-electron chi connectivity index (χ3n) is 3.00. The molecule has 2 rings (SSSR count). The number of rotatable bonds is 5. The highest BCUT2D eigenvalue weighted by Gasteiger charge is 2.20. The smallest absolute Gasteiger partial charge is 0.119 e. The van der Waals surface area contributed by atoms with Gasteiger partial charge >= 0.3 is 0 Å². The highest BCUT2D eigenvalue weighted by molar-refractivity contribution is 8.00. The molecule has 3 heteroatoms. The van der Waals surface area contributed by atoms with Gasteiger partial charge in [-0.3, -0.25) is 0 Å². The average molecular weight is 251 g/mol. The summed E-state index contributed by atoms with van der Waals surface area (Å²) in [5.74, 6) is 2.22. The molecule has 1 aliphatic heterocycles. The number of benzene rings is 1. The van der Waals surface area contributed by atoms with E-state index in [1.165, 1.54) is 17.7 Å². The van der Waals surface area contributed by atoms with Gasteiger partial charge in [0.15, 0.2) is 0 Å². The fourth-order valence-corrected chi connectivity index (χ4v) is 3.32. The third-order valence-corrected chi connectivity index (χ3v) is 4.36. The number of ether oxygens (including phenoxy) is 1. The van der Waals surface area contributed by atoms with Crippen molar-refractivity contribution in [1.82, 2.24) is 5.32 Å². The minimum atomic E-state index is 0.672. The van der Waals surface area contributed by atoms with Crippen molar-refractivity contribution in [3.05, 3.63) is 29.8 Å². The Morgan fingerprint density at radius 3 is 3.06 bits per heavy atom. The Bertz CT molecular complexity index is 356. The molecule has 0 aliphatic carbocycles. The van der Waals surface area contributed by atoms with Gasteiger partial charge in [0.05, 0.1) is 6.61 Å². The summed E-state index contributed by atoms with van der Waals surface area (Å²) < 4.78 is 5.50. The molecule has 0 saturated carbocycles. The Morgan fingerprint density at radius 2 is 2.35 bits per heavy atom. The zero-order valence-corrected chi connectivity index (χ0v) is 11.4. The molecule has 0 amide bonds. The van der Waals surface area contributed by atoms with Crippen molar-refractivity contribution < 1.29 is 4.74 Å². The Hall–Kier alpha value is -0.670. The van der Waals surface area contributed by atoms with Gasteiger partial charge in [-0.15, -0.1) is 0 Å². The molecule has 1 aliphatic rings. The third kappa shape index (κ3) is 3.93. The lowest BCUT2D eigenvalue weighted by atomic mass is 10.1. The first-order valence-corrected chi connectivity index (χ1v) is 7.39. The summed E-state index contributed by atoms with van der Waals surface area (Å²) in [4.78, 5) is 0. The maximum atomic E-state index is 5.50. The molecule has 94 valence electrons. The number of thioether (sulfide) groups is 1. The second-order valence-electron chi connectivity index (χ2n) is 4.54. The molecule has 0 radical (unpaired) electrons. The highest BCUT2D eigenvalue weighted by atomic mass is 32.2. The fraction of sp³-hybridized carbons (Fsp3) is 0.571. The van der Waals surface area contributed by atoms with Crippen LogP contribution in [0.5, 0.6) is 5.75 Å². The van der Waals surface area contributed by atoms with E-state index in [2.05, 4.69) is 42.2 Å². The van der Waals surface area contributed by atoms with Gasteiger partial charge in [-0.25, -0.2) is 0 Å². The van der Waals surface area contributed by atoms with E-state index in [1.807, 2.05) is 13.0 Å². The van der Waals surface area contributed by atoms with Crippen molar-refractivity contribution in [2.24, 2.45) is 0 Å². The average Bonchev–Trinajstić information content (AvgIpc) is 2.74. The van der Waals surface area contributed by atoms with Crippen molar-refractivity contribution in [2.45, 2.75) is 38.1 Å². The van der Waals surface area contributed by atoms with Gasteiger partial charge in [-0.1, -0.05) is 19.1 Å². The molecule has 1 fully saturated rings.